The molecule has 6 heteroatoms. The molecule has 0 saturated carbocycles. The lowest BCUT2D eigenvalue weighted by molar-refractivity contribution is -0.708. The van der Waals surface area contributed by atoms with Gasteiger partial charge >= 0.3 is 0 Å². The van der Waals surface area contributed by atoms with Gasteiger partial charge in [0.2, 0.25) is 0 Å². The number of benzene rings is 1. The molecule has 3 N–H and O–H groups in total. The van der Waals surface area contributed by atoms with E-state index in [4.69, 9.17) is 11.6 Å². The van der Waals surface area contributed by atoms with Gasteiger partial charge < -0.3 is 10.3 Å². The normalized spacial score (nSPS) is 14.9. The molecule has 1 atom stereocenters. The molecule has 1 aromatic carbocycles. The highest BCUT2D eigenvalue weighted by Gasteiger charge is 2.21. The molecule has 0 aliphatic heterocycles. The first-order chi connectivity index (χ1) is 11.6. The summed E-state index contributed by atoms with van der Waals surface area (Å²) >= 11 is 7.62. The van der Waals surface area contributed by atoms with Gasteiger partial charge in [0, 0.05) is 15.5 Å². The largest absolute Gasteiger partial charge is 0.334 e. The number of aryl methyl sites for hydroxylation is 2. The van der Waals surface area contributed by atoms with E-state index >= 15 is 0 Å². The first-order valence-corrected chi connectivity index (χ1v) is 9.43. The summed E-state index contributed by atoms with van der Waals surface area (Å²) in [5.41, 5.74) is 2.45. The molecular formula is C18H19ClN3OS+. The average Bonchev–Trinajstić information content (AvgIpc) is 3.13. The van der Waals surface area contributed by atoms with Gasteiger partial charge in [0.05, 0.1) is 5.39 Å². The van der Waals surface area contributed by atoms with Crippen LogP contribution in [-0.2, 0) is 19.4 Å². The van der Waals surface area contributed by atoms with Crippen LogP contribution >= 0.6 is 22.9 Å². The molecule has 24 heavy (non-hydrogen) atoms. The van der Waals surface area contributed by atoms with E-state index in [2.05, 4.69) is 22.2 Å². The minimum absolute atomic E-state index is 0.0157. The Kier molecular flexibility index (Phi) is 4.16. The monoisotopic (exact) mass is 360 g/mol. The van der Waals surface area contributed by atoms with Crippen molar-refractivity contribution in [3.05, 3.63) is 61.5 Å². The van der Waals surface area contributed by atoms with Crippen LogP contribution in [0.4, 0.5) is 0 Å². The van der Waals surface area contributed by atoms with Gasteiger partial charge in [-0.1, -0.05) is 23.7 Å². The van der Waals surface area contributed by atoms with Crippen molar-refractivity contribution >= 4 is 33.2 Å². The van der Waals surface area contributed by atoms with Crippen LogP contribution in [-0.4, -0.2) is 9.97 Å². The van der Waals surface area contributed by atoms with E-state index < -0.39 is 0 Å². The smallest absolute Gasteiger partial charge is 0.260 e. The zero-order valence-electron chi connectivity index (χ0n) is 13.4. The Morgan fingerprint density at radius 3 is 2.92 bits per heavy atom. The second kappa shape index (κ2) is 6.31. The Labute approximate surface area is 148 Å². The first-order valence-electron chi connectivity index (χ1n) is 8.24. The molecule has 1 aliphatic carbocycles. The molecule has 0 spiro atoms. The van der Waals surface area contributed by atoms with Crippen molar-refractivity contribution < 1.29 is 5.32 Å². The molecule has 0 fully saturated rings. The summed E-state index contributed by atoms with van der Waals surface area (Å²) in [6.07, 6.45) is 3.26. The summed E-state index contributed by atoms with van der Waals surface area (Å²) in [6.45, 7) is 2.79. The van der Waals surface area contributed by atoms with Crippen LogP contribution in [0.1, 0.15) is 41.2 Å². The van der Waals surface area contributed by atoms with Gasteiger partial charge in [0.15, 0.2) is 5.82 Å². The third kappa shape index (κ3) is 2.88. The van der Waals surface area contributed by atoms with Gasteiger partial charge in [-0.05, 0) is 43.9 Å². The topological polar surface area (TPSA) is 62.4 Å². The highest BCUT2D eigenvalue weighted by atomic mass is 35.5. The number of nitrogens with two attached hydrogens (primary N) is 1. The Hall–Kier alpha value is -1.69. The van der Waals surface area contributed by atoms with Gasteiger partial charge in [0.1, 0.15) is 17.4 Å². The van der Waals surface area contributed by atoms with Crippen LogP contribution in [0.5, 0.6) is 0 Å². The van der Waals surface area contributed by atoms with E-state index in [9.17, 15) is 4.79 Å². The lowest BCUT2D eigenvalue weighted by atomic mass is 10.1. The Morgan fingerprint density at radius 1 is 1.33 bits per heavy atom. The Bertz CT molecular complexity index is 945. The quantitative estimate of drug-likeness (QED) is 0.751. The van der Waals surface area contributed by atoms with Crippen molar-refractivity contribution in [3.8, 4) is 0 Å². The molecule has 0 saturated heterocycles. The van der Waals surface area contributed by atoms with Crippen LogP contribution in [0.2, 0.25) is 5.02 Å². The van der Waals surface area contributed by atoms with Gasteiger partial charge in [0.25, 0.3) is 5.56 Å². The fourth-order valence-corrected chi connectivity index (χ4v) is 4.74. The summed E-state index contributed by atoms with van der Waals surface area (Å²) in [5.74, 6) is 0.744. The number of thiophene rings is 1. The van der Waals surface area contributed by atoms with Crippen molar-refractivity contribution in [1.82, 2.24) is 9.97 Å². The number of nitrogens with one attached hydrogen (secondary N) is 1. The van der Waals surface area contributed by atoms with Gasteiger partial charge in [-0.3, -0.25) is 4.79 Å². The molecule has 2 heterocycles. The maximum absolute atomic E-state index is 12.5. The Balaban J connectivity index is 1.54. The molecule has 2 aromatic heterocycles. The van der Waals surface area contributed by atoms with Crippen LogP contribution in [0.3, 0.4) is 0 Å². The molecule has 0 bridgehead atoms. The molecule has 0 radical (unpaired) electrons. The number of fused-ring (bicyclic) bond motifs is 3. The maximum Gasteiger partial charge on any atom is 0.260 e. The fraction of sp³-hybridized carbons (Fsp3) is 0.333. The van der Waals surface area contributed by atoms with Gasteiger partial charge in [-0.2, -0.15) is 0 Å². The van der Waals surface area contributed by atoms with E-state index in [0.717, 1.165) is 40.3 Å². The molecule has 0 amide bonds. The highest BCUT2D eigenvalue weighted by Crippen LogP contribution is 2.34. The lowest BCUT2D eigenvalue weighted by Crippen LogP contribution is -2.83. The number of quaternary nitrogens is 1. The molecule has 1 aliphatic rings. The number of hydrogen-bond acceptors (Lipinski definition) is 3. The van der Waals surface area contributed by atoms with Crippen molar-refractivity contribution in [2.45, 2.75) is 38.8 Å². The summed E-state index contributed by atoms with van der Waals surface area (Å²) in [6, 6.07) is 8.15. The second-order valence-corrected chi connectivity index (χ2v) is 7.85. The van der Waals surface area contributed by atoms with Crippen molar-refractivity contribution in [2.24, 2.45) is 0 Å². The van der Waals surface area contributed by atoms with Crippen LogP contribution in [0.15, 0.2) is 29.1 Å². The minimum Gasteiger partial charge on any atom is -0.334 e. The lowest BCUT2D eigenvalue weighted by Gasteiger charge is -2.10. The Morgan fingerprint density at radius 2 is 2.12 bits per heavy atom. The SMILES string of the molecule is C[C@@H]([NH2+]Cc1nc2sc3c(c2c(=O)[nH]1)CCC3)c1ccc(Cl)cc1. The van der Waals surface area contributed by atoms with Gasteiger partial charge in [-0.25, -0.2) is 4.98 Å². The number of rotatable bonds is 4. The molecule has 4 rings (SSSR count). The summed E-state index contributed by atoms with van der Waals surface area (Å²) in [4.78, 5) is 22.4. The summed E-state index contributed by atoms with van der Waals surface area (Å²) in [5, 5.41) is 3.74. The predicted molar refractivity (Wildman–Crippen MR) is 97.8 cm³/mol. The number of halogens is 1. The zero-order chi connectivity index (χ0) is 16.7. The van der Waals surface area contributed by atoms with Crippen molar-refractivity contribution in [2.75, 3.05) is 0 Å². The molecule has 0 unspecified atom stereocenters. The van der Waals surface area contributed by atoms with E-state index in [-0.39, 0.29) is 11.6 Å². The van der Waals surface area contributed by atoms with E-state index in [0.29, 0.717) is 6.54 Å². The van der Waals surface area contributed by atoms with Crippen LogP contribution in [0.25, 0.3) is 10.2 Å². The number of nitrogens with zero attached hydrogens (tertiary/aromatic N) is 1. The fourth-order valence-electron chi connectivity index (χ4n) is 3.33. The third-order valence-corrected chi connectivity index (χ3v) is 6.12. The third-order valence-electron chi connectivity index (χ3n) is 4.68. The predicted octanol–water partition coefficient (Wildman–Crippen LogP) is 2.95. The number of H-pyrrole nitrogens is 1. The average molecular weight is 361 g/mol. The molecule has 124 valence electrons. The number of aromatic nitrogens is 2. The summed E-state index contributed by atoms with van der Waals surface area (Å²) < 4.78 is 0. The summed E-state index contributed by atoms with van der Waals surface area (Å²) in [7, 11) is 0. The zero-order valence-corrected chi connectivity index (χ0v) is 15.0. The van der Waals surface area contributed by atoms with E-state index in [1.807, 2.05) is 24.3 Å². The minimum atomic E-state index is 0.0157. The number of hydrogen-bond donors (Lipinski definition) is 2. The molecule has 3 aromatic rings. The van der Waals surface area contributed by atoms with E-state index in [1.54, 1.807) is 11.3 Å². The second-order valence-electron chi connectivity index (χ2n) is 6.33. The molecule has 4 nitrogen and oxygen atoms in total. The van der Waals surface area contributed by atoms with Crippen LogP contribution < -0.4 is 10.9 Å². The number of aromatic amines is 1. The van der Waals surface area contributed by atoms with Crippen LogP contribution in [0, 0.1) is 0 Å². The van der Waals surface area contributed by atoms with Crippen molar-refractivity contribution in [3.63, 3.8) is 0 Å². The first kappa shape index (κ1) is 15.8. The highest BCUT2D eigenvalue weighted by molar-refractivity contribution is 7.18. The van der Waals surface area contributed by atoms with Gasteiger partial charge in [-0.15, -0.1) is 11.3 Å². The van der Waals surface area contributed by atoms with E-state index in [1.165, 1.54) is 16.0 Å². The maximum atomic E-state index is 12.5. The van der Waals surface area contributed by atoms with Crippen molar-refractivity contribution in [1.29, 1.82) is 0 Å². The molecular weight excluding hydrogens is 342 g/mol. The standard InChI is InChI=1S/C18H18ClN3OS/c1-10(11-5-7-12(19)8-6-11)20-9-15-21-17(23)16-13-3-2-4-14(13)24-18(16)22-15/h5-8,10,20H,2-4,9H2,1H3,(H,21,22,23)/p+1/t10-/m1/s1.